The quantitative estimate of drug-likeness (QED) is 0.222. The Bertz CT molecular complexity index is 1600. The smallest absolute Gasteiger partial charge is 0.341 e. The molecule has 0 radical (unpaired) electrons. The number of ether oxygens (including phenoxy) is 3. The van der Waals surface area contributed by atoms with Crippen LogP contribution in [0.1, 0.15) is 52.0 Å². The molecule has 0 aliphatic carbocycles. The number of carbonyl (C=O) groups excluding carboxylic acids is 3. The molecule has 1 fully saturated rings. The fourth-order valence-electron chi connectivity index (χ4n) is 5.31. The van der Waals surface area contributed by atoms with Crippen LogP contribution in [-0.4, -0.2) is 99.2 Å². The summed E-state index contributed by atoms with van der Waals surface area (Å²) in [5.41, 5.74) is 2.38. The number of piperazine rings is 1. The molecule has 0 spiro atoms. The van der Waals surface area contributed by atoms with Crippen molar-refractivity contribution in [1.82, 2.24) is 9.80 Å². The first-order valence-electron chi connectivity index (χ1n) is 16.0. The van der Waals surface area contributed by atoms with Gasteiger partial charge >= 0.3 is 5.97 Å². The van der Waals surface area contributed by atoms with Crippen molar-refractivity contribution in [3.63, 3.8) is 0 Å². The predicted molar refractivity (Wildman–Crippen MR) is 182 cm³/mol. The number of para-hydroxylation sites is 1. The average Bonchev–Trinajstić information content (AvgIpc) is 3.08. The summed E-state index contributed by atoms with van der Waals surface area (Å²) in [6.45, 7) is 5.22. The number of amides is 3. The van der Waals surface area contributed by atoms with E-state index in [4.69, 9.17) is 19.3 Å². The van der Waals surface area contributed by atoms with E-state index in [2.05, 4.69) is 17.3 Å². The molecular formula is C36H44N4O8. The summed E-state index contributed by atoms with van der Waals surface area (Å²) in [7, 11) is 5.17. The maximum Gasteiger partial charge on any atom is 0.341 e. The average molecular weight is 661 g/mol. The standard InChI is InChI=1S/C36H44N4O8/c1-25-13-16-29(32(22-25)47-21-9-5-6-12-33(41)40-19-17-38(2)18-20-40)39(3)36(45)26-14-15-28(31(23-26)46-4)37-35(44)27-10-7-8-11-30(27)48-24-34(42)43/h7-8,10-11,13-16,22-23H,5-6,9,12,17-21,24H2,1-4H3,(H,37,44)(H,42,43). The number of carboxylic acid groups (broad SMARTS) is 1. The largest absolute Gasteiger partial charge is 0.495 e. The molecule has 12 heteroatoms. The van der Waals surface area contributed by atoms with E-state index in [1.807, 2.05) is 30.0 Å². The van der Waals surface area contributed by atoms with Gasteiger partial charge in [-0.25, -0.2) is 4.79 Å². The highest BCUT2D eigenvalue weighted by molar-refractivity contribution is 6.09. The Morgan fingerprint density at radius 2 is 1.62 bits per heavy atom. The molecule has 0 aromatic heterocycles. The Morgan fingerprint density at radius 3 is 2.35 bits per heavy atom. The molecule has 48 heavy (non-hydrogen) atoms. The van der Waals surface area contributed by atoms with Crippen LogP contribution in [0.15, 0.2) is 60.7 Å². The van der Waals surface area contributed by atoms with Crippen molar-refractivity contribution in [1.29, 1.82) is 0 Å². The van der Waals surface area contributed by atoms with Gasteiger partial charge in [-0.1, -0.05) is 18.2 Å². The van der Waals surface area contributed by atoms with Gasteiger partial charge in [0.15, 0.2) is 6.61 Å². The molecule has 3 amide bonds. The van der Waals surface area contributed by atoms with Crippen molar-refractivity contribution >= 4 is 35.1 Å². The first-order chi connectivity index (χ1) is 23.1. The molecule has 0 bridgehead atoms. The number of anilines is 2. The Kier molecular flexibility index (Phi) is 12.8. The third-order valence-electron chi connectivity index (χ3n) is 8.11. The molecule has 3 aromatic carbocycles. The van der Waals surface area contributed by atoms with E-state index < -0.39 is 18.5 Å². The zero-order chi connectivity index (χ0) is 34.6. The summed E-state index contributed by atoms with van der Waals surface area (Å²) in [5.74, 6) is -0.828. The van der Waals surface area contributed by atoms with Crippen LogP contribution >= 0.6 is 0 Å². The van der Waals surface area contributed by atoms with E-state index >= 15 is 0 Å². The molecule has 4 rings (SSSR count). The number of aryl methyl sites for hydroxylation is 1. The molecule has 0 atom stereocenters. The molecule has 2 N–H and O–H groups in total. The number of hydrogen-bond donors (Lipinski definition) is 2. The molecule has 1 aliphatic rings. The third kappa shape index (κ3) is 9.71. The first-order valence-corrected chi connectivity index (χ1v) is 16.0. The van der Waals surface area contributed by atoms with E-state index in [-0.39, 0.29) is 28.9 Å². The molecule has 0 saturated carbocycles. The molecule has 3 aromatic rings. The molecule has 0 unspecified atom stereocenters. The maximum absolute atomic E-state index is 13.6. The lowest BCUT2D eigenvalue weighted by molar-refractivity contribution is -0.139. The summed E-state index contributed by atoms with van der Waals surface area (Å²) >= 11 is 0. The van der Waals surface area contributed by atoms with Gasteiger partial charge in [-0.2, -0.15) is 0 Å². The summed E-state index contributed by atoms with van der Waals surface area (Å²) in [4.78, 5) is 55.8. The van der Waals surface area contributed by atoms with Gasteiger partial charge in [-0.3, -0.25) is 14.4 Å². The van der Waals surface area contributed by atoms with Crippen LogP contribution in [0.2, 0.25) is 0 Å². The second-order valence-corrected chi connectivity index (χ2v) is 11.7. The second kappa shape index (κ2) is 17.2. The second-order valence-electron chi connectivity index (χ2n) is 11.7. The lowest BCUT2D eigenvalue weighted by Crippen LogP contribution is -2.47. The Hall–Kier alpha value is -5.10. The van der Waals surface area contributed by atoms with Crippen molar-refractivity contribution < 1.29 is 38.5 Å². The van der Waals surface area contributed by atoms with Gasteiger partial charge in [0.2, 0.25) is 5.91 Å². The lowest BCUT2D eigenvalue weighted by Gasteiger charge is -2.32. The zero-order valence-electron chi connectivity index (χ0n) is 28.0. The number of hydrogen-bond acceptors (Lipinski definition) is 8. The van der Waals surface area contributed by atoms with Crippen LogP contribution < -0.4 is 24.4 Å². The number of aliphatic carboxylic acids is 1. The predicted octanol–water partition coefficient (Wildman–Crippen LogP) is 4.71. The minimum Gasteiger partial charge on any atom is -0.495 e. The molecule has 12 nitrogen and oxygen atoms in total. The minimum absolute atomic E-state index is 0.122. The zero-order valence-corrected chi connectivity index (χ0v) is 28.0. The van der Waals surface area contributed by atoms with Gasteiger partial charge < -0.3 is 39.3 Å². The van der Waals surface area contributed by atoms with Crippen LogP contribution in [0.5, 0.6) is 17.2 Å². The number of benzene rings is 3. The summed E-state index contributed by atoms with van der Waals surface area (Å²) in [6.07, 6.45) is 2.98. The number of methoxy groups -OCH3 is 1. The normalized spacial score (nSPS) is 13.0. The van der Waals surface area contributed by atoms with Crippen molar-refractivity contribution in [2.45, 2.75) is 32.6 Å². The van der Waals surface area contributed by atoms with E-state index in [0.717, 1.165) is 51.0 Å². The van der Waals surface area contributed by atoms with E-state index in [0.29, 0.717) is 35.7 Å². The van der Waals surface area contributed by atoms with Crippen LogP contribution in [-0.2, 0) is 9.59 Å². The maximum atomic E-state index is 13.6. The van der Waals surface area contributed by atoms with Gasteiger partial charge in [-0.05, 0) is 81.3 Å². The Labute approximate surface area is 281 Å². The topological polar surface area (TPSA) is 138 Å². The number of nitrogens with zero attached hydrogens (tertiary/aromatic N) is 3. The lowest BCUT2D eigenvalue weighted by atomic mass is 10.1. The Balaban J connectivity index is 1.36. The van der Waals surface area contributed by atoms with Gasteiger partial charge in [0.1, 0.15) is 17.2 Å². The fourth-order valence-corrected chi connectivity index (χ4v) is 5.31. The molecular weight excluding hydrogens is 616 g/mol. The van der Waals surface area contributed by atoms with Crippen LogP contribution in [0.3, 0.4) is 0 Å². The molecule has 1 saturated heterocycles. The van der Waals surface area contributed by atoms with Crippen molar-refractivity contribution in [2.75, 3.05) is 70.8 Å². The highest BCUT2D eigenvalue weighted by atomic mass is 16.5. The van der Waals surface area contributed by atoms with Gasteiger partial charge in [-0.15, -0.1) is 0 Å². The first kappa shape index (κ1) is 35.7. The van der Waals surface area contributed by atoms with Crippen molar-refractivity contribution in [2.24, 2.45) is 0 Å². The Morgan fingerprint density at radius 1 is 0.875 bits per heavy atom. The van der Waals surface area contributed by atoms with Gasteiger partial charge in [0.05, 0.1) is 30.7 Å². The van der Waals surface area contributed by atoms with Crippen LogP contribution in [0.25, 0.3) is 0 Å². The van der Waals surface area contributed by atoms with E-state index in [1.54, 1.807) is 37.4 Å². The van der Waals surface area contributed by atoms with Crippen LogP contribution in [0.4, 0.5) is 11.4 Å². The summed E-state index contributed by atoms with van der Waals surface area (Å²) in [5, 5.41) is 11.7. The molecule has 1 heterocycles. The van der Waals surface area contributed by atoms with E-state index in [1.165, 1.54) is 24.1 Å². The fraction of sp³-hybridized carbons (Fsp3) is 0.389. The monoisotopic (exact) mass is 660 g/mol. The number of carbonyl (C=O) groups is 4. The third-order valence-corrected chi connectivity index (χ3v) is 8.11. The van der Waals surface area contributed by atoms with Gasteiger partial charge in [0.25, 0.3) is 11.8 Å². The number of carboxylic acids is 1. The van der Waals surface area contributed by atoms with Crippen molar-refractivity contribution in [3.05, 3.63) is 77.4 Å². The SMILES string of the molecule is COc1cc(C(=O)N(C)c2ccc(C)cc2OCCCCCC(=O)N2CCN(C)CC2)ccc1NC(=O)c1ccccc1OCC(=O)O. The molecule has 256 valence electrons. The number of nitrogens with one attached hydrogen (secondary N) is 1. The highest BCUT2D eigenvalue weighted by Gasteiger charge is 2.22. The number of likely N-dealkylation sites (N-methyl/N-ethyl adjacent to an activating group) is 1. The number of rotatable bonds is 15. The van der Waals surface area contributed by atoms with Crippen molar-refractivity contribution in [3.8, 4) is 17.2 Å². The minimum atomic E-state index is -1.16. The summed E-state index contributed by atoms with van der Waals surface area (Å²) < 4.78 is 16.9. The summed E-state index contributed by atoms with van der Waals surface area (Å²) in [6, 6.07) is 16.6. The number of unbranched alkanes of at least 4 members (excludes halogenated alkanes) is 2. The molecule has 1 aliphatic heterocycles. The van der Waals surface area contributed by atoms with Crippen LogP contribution in [0, 0.1) is 6.92 Å². The van der Waals surface area contributed by atoms with Gasteiger partial charge in [0, 0.05) is 45.2 Å². The highest BCUT2D eigenvalue weighted by Crippen LogP contribution is 2.32. The van der Waals surface area contributed by atoms with E-state index in [9.17, 15) is 19.2 Å².